The number of benzene rings is 2. The molecule has 0 aliphatic carbocycles. The molecular formula is C15H14ClNO3S. The number of hydrogen-bond acceptors (Lipinski definition) is 3. The number of aryl methyl sites for hydroxylation is 1. The van der Waals surface area contributed by atoms with Crippen LogP contribution in [-0.2, 0) is 9.84 Å². The van der Waals surface area contributed by atoms with Gasteiger partial charge in [-0.3, -0.25) is 4.79 Å². The highest BCUT2D eigenvalue weighted by atomic mass is 35.5. The molecule has 0 saturated heterocycles. The first kappa shape index (κ1) is 15.5. The Morgan fingerprint density at radius 3 is 2.48 bits per heavy atom. The second-order valence-corrected chi connectivity index (χ2v) is 7.13. The summed E-state index contributed by atoms with van der Waals surface area (Å²) < 4.78 is 23.2. The Morgan fingerprint density at radius 1 is 1.14 bits per heavy atom. The van der Waals surface area contributed by atoms with Gasteiger partial charge in [0.2, 0.25) is 0 Å². The molecule has 0 spiro atoms. The van der Waals surface area contributed by atoms with Gasteiger partial charge in [0.05, 0.1) is 9.92 Å². The molecule has 4 nitrogen and oxygen atoms in total. The van der Waals surface area contributed by atoms with Crippen LogP contribution < -0.4 is 5.32 Å². The van der Waals surface area contributed by atoms with Crippen LogP contribution in [0.4, 0.5) is 5.69 Å². The molecule has 0 radical (unpaired) electrons. The summed E-state index contributed by atoms with van der Waals surface area (Å²) >= 11 is 5.86. The van der Waals surface area contributed by atoms with Crippen LogP contribution in [-0.4, -0.2) is 20.6 Å². The number of hydrogen-bond donors (Lipinski definition) is 1. The molecule has 1 N–H and O–H groups in total. The maximum absolute atomic E-state index is 12.2. The molecule has 0 unspecified atom stereocenters. The Bertz CT molecular complexity index is 800. The van der Waals surface area contributed by atoms with Crippen LogP contribution in [0.1, 0.15) is 15.9 Å². The topological polar surface area (TPSA) is 63.2 Å². The quantitative estimate of drug-likeness (QED) is 0.942. The average Bonchev–Trinajstić information content (AvgIpc) is 2.37. The second-order valence-electron chi connectivity index (χ2n) is 4.74. The molecule has 2 rings (SSSR count). The fourth-order valence-corrected chi connectivity index (χ4v) is 3.16. The van der Waals surface area contributed by atoms with Gasteiger partial charge in [-0.05, 0) is 42.8 Å². The van der Waals surface area contributed by atoms with E-state index in [1.807, 2.05) is 25.1 Å². The lowest BCUT2D eigenvalue weighted by Crippen LogP contribution is -2.13. The molecular weight excluding hydrogens is 310 g/mol. The van der Waals surface area contributed by atoms with E-state index in [-0.39, 0.29) is 21.4 Å². The van der Waals surface area contributed by atoms with Gasteiger partial charge >= 0.3 is 0 Å². The number of halogens is 1. The van der Waals surface area contributed by atoms with Gasteiger partial charge in [0.25, 0.3) is 5.91 Å². The van der Waals surface area contributed by atoms with E-state index in [2.05, 4.69) is 5.32 Å². The molecule has 0 fully saturated rings. The summed E-state index contributed by atoms with van der Waals surface area (Å²) in [7, 11) is -3.48. The molecule has 0 saturated carbocycles. The van der Waals surface area contributed by atoms with Crippen molar-refractivity contribution in [3.63, 3.8) is 0 Å². The number of carbonyl (C=O) groups is 1. The first-order valence-corrected chi connectivity index (χ1v) is 8.42. The Kier molecular flexibility index (Phi) is 4.34. The van der Waals surface area contributed by atoms with Crippen LogP contribution in [0.25, 0.3) is 0 Å². The summed E-state index contributed by atoms with van der Waals surface area (Å²) in [5.41, 5.74) is 1.90. The van der Waals surface area contributed by atoms with E-state index in [4.69, 9.17) is 11.6 Å². The highest BCUT2D eigenvalue weighted by Crippen LogP contribution is 2.23. The fourth-order valence-electron chi connectivity index (χ4n) is 1.85. The molecule has 1 amide bonds. The molecule has 2 aromatic carbocycles. The van der Waals surface area contributed by atoms with E-state index in [0.717, 1.165) is 11.8 Å². The summed E-state index contributed by atoms with van der Waals surface area (Å²) in [6, 6.07) is 11.5. The zero-order valence-corrected chi connectivity index (χ0v) is 13.1. The van der Waals surface area contributed by atoms with E-state index >= 15 is 0 Å². The van der Waals surface area contributed by atoms with Crippen LogP contribution in [0.2, 0.25) is 5.02 Å². The molecule has 2 aromatic rings. The van der Waals surface area contributed by atoms with Crippen molar-refractivity contribution in [2.45, 2.75) is 11.8 Å². The van der Waals surface area contributed by atoms with Crippen molar-refractivity contribution >= 4 is 33.0 Å². The molecule has 21 heavy (non-hydrogen) atoms. The minimum atomic E-state index is -3.48. The maximum atomic E-state index is 12.2. The first-order valence-electron chi connectivity index (χ1n) is 6.15. The summed E-state index contributed by atoms with van der Waals surface area (Å²) in [4.78, 5) is 12.1. The number of anilines is 1. The van der Waals surface area contributed by atoms with E-state index in [1.54, 1.807) is 6.07 Å². The van der Waals surface area contributed by atoms with Crippen molar-refractivity contribution in [1.29, 1.82) is 0 Å². The number of nitrogens with one attached hydrogen (secondary N) is 1. The van der Waals surface area contributed by atoms with E-state index in [0.29, 0.717) is 5.69 Å². The van der Waals surface area contributed by atoms with Crippen LogP contribution in [0.3, 0.4) is 0 Å². The molecule has 0 aliphatic rings. The Labute approximate surface area is 128 Å². The zero-order chi connectivity index (χ0) is 15.6. The number of sulfone groups is 1. The lowest BCUT2D eigenvalue weighted by molar-refractivity contribution is 0.102. The molecule has 0 heterocycles. The lowest BCUT2D eigenvalue weighted by Gasteiger charge is -2.08. The SMILES string of the molecule is Cc1cccc(NC(=O)c2ccc(Cl)c(S(C)(=O)=O)c2)c1. The molecule has 0 bridgehead atoms. The van der Waals surface area contributed by atoms with Crippen LogP contribution >= 0.6 is 11.6 Å². The van der Waals surface area contributed by atoms with Crippen molar-refractivity contribution in [3.8, 4) is 0 Å². The largest absolute Gasteiger partial charge is 0.322 e. The third kappa shape index (κ3) is 3.83. The van der Waals surface area contributed by atoms with Crippen molar-refractivity contribution in [3.05, 3.63) is 58.6 Å². The Hall–Kier alpha value is -1.85. The average molecular weight is 324 g/mol. The Morgan fingerprint density at radius 2 is 1.86 bits per heavy atom. The lowest BCUT2D eigenvalue weighted by atomic mass is 10.2. The summed E-state index contributed by atoms with van der Waals surface area (Å²) in [6.07, 6.45) is 1.05. The standard InChI is InChI=1S/C15H14ClNO3S/c1-10-4-3-5-12(8-10)17-15(18)11-6-7-13(16)14(9-11)21(2,19)20/h3-9H,1-2H3,(H,17,18). The monoisotopic (exact) mass is 323 g/mol. The smallest absolute Gasteiger partial charge is 0.255 e. The second kappa shape index (κ2) is 5.87. The summed E-state index contributed by atoms with van der Waals surface area (Å²) in [5, 5.41) is 2.82. The number of rotatable bonds is 3. The molecule has 0 aromatic heterocycles. The van der Waals surface area contributed by atoms with E-state index in [9.17, 15) is 13.2 Å². The van der Waals surface area contributed by atoms with Gasteiger partial charge in [-0.2, -0.15) is 0 Å². The van der Waals surface area contributed by atoms with Crippen molar-refractivity contribution < 1.29 is 13.2 Å². The third-order valence-corrected chi connectivity index (χ3v) is 4.45. The van der Waals surface area contributed by atoms with Crippen LogP contribution in [0, 0.1) is 6.92 Å². The molecule has 6 heteroatoms. The predicted octanol–water partition coefficient (Wildman–Crippen LogP) is 3.30. The summed E-state index contributed by atoms with van der Waals surface area (Å²) in [5.74, 6) is -0.387. The Balaban J connectivity index is 2.32. The van der Waals surface area contributed by atoms with Gasteiger partial charge in [0.1, 0.15) is 0 Å². The zero-order valence-electron chi connectivity index (χ0n) is 11.6. The third-order valence-electron chi connectivity index (χ3n) is 2.87. The maximum Gasteiger partial charge on any atom is 0.255 e. The minimum Gasteiger partial charge on any atom is -0.322 e. The van der Waals surface area contributed by atoms with Gasteiger partial charge in [0, 0.05) is 17.5 Å². The molecule has 0 aliphatic heterocycles. The highest BCUT2D eigenvalue weighted by Gasteiger charge is 2.16. The molecule has 0 atom stereocenters. The van der Waals surface area contributed by atoms with E-state index < -0.39 is 9.84 Å². The summed E-state index contributed by atoms with van der Waals surface area (Å²) in [6.45, 7) is 1.92. The van der Waals surface area contributed by atoms with Gasteiger partial charge in [0.15, 0.2) is 9.84 Å². The first-order chi connectivity index (χ1) is 9.77. The van der Waals surface area contributed by atoms with Crippen LogP contribution in [0.5, 0.6) is 0 Å². The van der Waals surface area contributed by atoms with Crippen LogP contribution in [0.15, 0.2) is 47.4 Å². The highest BCUT2D eigenvalue weighted by molar-refractivity contribution is 7.90. The van der Waals surface area contributed by atoms with Gasteiger partial charge in [-0.1, -0.05) is 23.7 Å². The van der Waals surface area contributed by atoms with Crippen molar-refractivity contribution in [2.75, 3.05) is 11.6 Å². The van der Waals surface area contributed by atoms with Crippen molar-refractivity contribution in [2.24, 2.45) is 0 Å². The number of carbonyl (C=O) groups excluding carboxylic acids is 1. The molecule has 110 valence electrons. The van der Waals surface area contributed by atoms with Gasteiger partial charge < -0.3 is 5.32 Å². The number of amides is 1. The van der Waals surface area contributed by atoms with E-state index in [1.165, 1.54) is 18.2 Å². The van der Waals surface area contributed by atoms with Gasteiger partial charge in [-0.25, -0.2) is 8.42 Å². The normalized spacial score (nSPS) is 11.2. The van der Waals surface area contributed by atoms with Crippen molar-refractivity contribution in [1.82, 2.24) is 0 Å². The predicted molar refractivity (Wildman–Crippen MR) is 83.7 cm³/mol. The fraction of sp³-hybridized carbons (Fsp3) is 0.133. The minimum absolute atomic E-state index is 0.0546. The van der Waals surface area contributed by atoms with Gasteiger partial charge in [-0.15, -0.1) is 0 Å².